The second-order valence-electron chi connectivity index (χ2n) is 8.94. The average molecular weight is 509 g/mol. The second-order valence-corrected chi connectivity index (χ2v) is 8.94. The largest absolute Gasteiger partial charge is 0.394 e. The number of rotatable bonds is 7. The van der Waals surface area contributed by atoms with E-state index in [9.17, 15) is 40.9 Å². The predicted molar refractivity (Wildman–Crippen MR) is 127 cm³/mol. The Bertz CT molecular complexity index is 894. The van der Waals surface area contributed by atoms with Gasteiger partial charge < -0.3 is 61.0 Å². The SMILES string of the molecule is OC[C@@H]1O[C@H](Nc2ccc(-c3ccc(N[C@@H]4O[C@H](CO)[C@H](O)[C@H](O)[C@@H]4O)cc3)cc2)[C@H](O)[C@@H](O)[C@@H]1O. The van der Waals surface area contributed by atoms with E-state index in [1.165, 1.54) is 0 Å². The smallest absolute Gasteiger partial charge is 0.157 e. The molecule has 2 aromatic rings. The van der Waals surface area contributed by atoms with Crippen molar-refractivity contribution >= 4 is 11.4 Å². The highest BCUT2D eigenvalue weighted by Gasteiger charge is 2.44. The molecule has 0 radical (unpaired) electrons. The first-order valence-electron chi connectivity index (χ1n) is 11.6. The van der Waals surface area contributed by atoms with E-state index >= 15 is 0 Å². The molecule has 198 valence electrons. The van der Waals surface area contributed by atoms with Gasteiger partial charge in [0.15, 0.2) is 12.5 Å². The third kappa shape index (κ3) is 5.48. The van der Waals surface area contributed by atoms with E-state index in [4.69, 9.17) is 9.47 Å². The van der Waals surface area contributed by atoms with Crippen LogP contribution in [0.5, 0.6) is 0 Å². The summed E-state index contributed by atoms with van der Waals surface area (Å²) in [5, 5.41) is 84.6. The maximum absolute atomic E-state index is 10.2. The fraction of sp³-hybridized carbons (Fsp3) is 0.500. The molecule has 12 nitrogen and oxygen atoms in total. The molecule has 0 bridgehead atoms. The van der Waals surface area contributed by atoms with Crippen molar-refractivity contribution in [2.75, 3.05) is 23.8 Å². The van der Waals surface area contributed by atoms with Crippen LogP contribution >= 0.6 is 0 Å². The molecule has 0 spiro atoms. The molecule has 2 aliphatic rings. The lowest BCUT2D eigenvalue weighted by atomic mass is 9.98. The topological polar surface area (TPSA) is 204 Å². The summed E-state index contributed by atoms with van der Waals surface area (Å²) in [5.41, 5.74) is 2.91. The van der Waals surface area contributed by atoms with Crippen LogP contribution in [-0.2, 0) is 9.47 Å². The molecule has 2 aliphatic heterocycles. The van der Waals surface area contributed by atoms with E-state index in [1.54, 1.807) is 24.3 Å². The average Bonchev–Trinajstić information content (AvgIpc) is 2.90. The summed E-state index contributed by atoms with van der Waals surface area (Å²) in [6.45, 7) is -1.02. The molecule has 2 heterocycles. The normalized spacial score (nSPS) is 36.9. The first kappa shape index (κ1) is 26.7. The first-order valence-corrected chi connectivity index (χ1v) is 11.6. The van der Waals surface area contributed by atoms with E-state index in [0.717, 1.165) is 11.1 Å². The Morgan fingerprint density at radius 3 is 1.14 bits per heavy atom. The minimum absolute atomic E-state index is 0.511. The maximum Gasteiger partial charge on any atom is 0.157 e. The van der Waals surface area contributed by atoms with Crippen molar-refractivity contribution in [3.8, 4) is 11.1 Å². The lowest BCUT2D eigenvalue weighted by Crippen LogP contribution is -2.60. The quantitative estimate of drug-likeness (QED) is 0.193. The molecule has 2 fully saturated rings. The van der Waals surface area contributed by atoms with Gasteiger partial charge in [-0.1, -0.05) is 24.3 Å². The van der Waals surface area contributed by atoms with Crippen molar-refractivity contribution < 1.29 is 50.3 Å². The first-order chi connectivity index (χ1) is 17.2. The van der Waals surface area contributed by atoms with Gasteiger partial charge >= 0.3 is 0 Å². The van der Waals surface area contributed by atoms with Crippen LogP contribution in [0.2, 0.25) is 0 Å². The van der Waals surface area contributed by atoms with E-state index < -0.39 is 74.5 Å². The highest BCUT2D eigenvalue weighted by Crippen LogP contribution is 2.28. The van der Waals surface area contributed by atoms with Crippen LogP contribution in [0.15, 0.2) is 48.5 Å². The molecule has 10 N–H and O–H groups in total. The Morgan fingerprint density at radius 1 is 0.500 bits per heavy atom. The van der Waals surface area contributed by atoms with Gasteiger partial charge in [0, 0.05) is 11.4 Å². The van der Waals surface area contributed by atoms with Crippen molar-refractivity contribution in [1.29, 1.82) is 0 Å². The van der Waals surface area contributed by atoms with Crippen molar-refractivity contribution in [3.63, 3.8) is 0 Å². The monoisotopic (exact) mass is 508 g/mol. The van der Waals surface area contributed by atoms with Crippen LogP contribution in [-0.4, -0.2) is 115 Å². The van der Waals surface area contributed by atoms with Gasteiger partial charge in [-0.15, -0.1) is 0 Å². The molecule has 0 unspecified atom stereocenters. The van der Waals surface area contributed by atoms with Crippen LogP contribution in [0.3, 0.4) is 0 Å². The lowest BCUT2D eigenvalue weighted by Gasteiger charge is -2.40. The summed E-state index contributed by atoms with van der Waals surface area (Å²) < 4.78 is 10.9. The number of aliphatic hydroxyl groups is 8. The molecule has 0 amide bonds. The van der Waals surface area contributed by atoms with Gasteiger partial charge in [-0.25, -0.2) is 0 Å². The molecule has 0 saturated carbocycles. The Morgan fingerprint density at radius 2 is 0.833 bits per heavy atom. The number of hydrogen-bond donors (Lipinski definition) is 10. The van der Waals surface area contributed by atoms with Crippen LogP contribution in [0.4, 0.5) is 11.4 Å². The molecule has 0 aliphatic carbocycles. The standard InChI is InChI=1S/C24H32N2O10/c27-9-15-17(29)19(31)21(33)23(35-15)25-13-5-1-11(2-6-13)12-3-7-14(8-4-12)26-24-22(34)20(32)18(30)16(10-28)36-24/h1-8,15-34H,9-10H2/t15-,16+,17+,18-,19-,20-,21+,22-,23-,24+/m0/s1. The molecule has 4 rings (SSSR count). The fourth-order valence-corrected chi connectivity index (χ4v) is 4.29. The zero-order valence-corrected chi connectivity index (χ0v) is 19.2. The van der Waals surface area contributed by atoms with Crippen molar-refractivity contribution in [3.05, 3.63) is 48.5 Å². The molecule has 36 heavy (non-hydrogen) atoms. The second kappa shape index (κ2) is 11.4. The van der Waals surface area contributed by atoms with Crippen molar-refractivity contribution in [1.82, 2.24) is 0 Å². The lowest BCUT2D eigenvalue weighted by molar-refractivity contribution is -0.221. The summed E-state index contributed by atoms with van der Waals surface area (Å²) in [6.07, 6.45) is -12.7. The number of hydrogen-bond acceptors (Lipinski definition) is 12. The number of ether oxygens (including phenoxy) is 2. The Kier molecular flexibility index (Phi) is 8.42. The molecular weight excluding hydrogens is 476 g/mol. The Balaban J connectivity index is 1.38. The maximum atomic E-state index is 10.2. The van der Waals surface area contributed by atoms with Crippen molar-refractivity contribution in [2.45, 2.75) is 61.3 Å². The molecule has 2 aromatic carbocycles. The van der Waals surface area contributed by atoms with Crippen LogP contribution in [0.25, 0.3) is 11.1 Å². The highest BCUT2D eigenvalue weighted by molar-refractivity contribution is 5.68. The fourth-order valence-electron chi connectivity index (χ4n) is 4.29. The van der Waals surface area contributed by atoms with Gasteiger partial charge in [-0.3, -0.25) is 0 Å². The number of nitrogens with one attached hydrogen (secondary N) is 2. The van der Waals surface area contributed by atoms with Gasteiger partial charge in [0.05, 0.1) is 13.2 Å². The third-order valence-corrected chi connectivity index (χ3v) is 6.51. The van der Waals surface area contributed by atoms with Crippen LogP contribution in [0, 0.1) is 0 Å². The molecule has 2 saturated heterocycles. The summed E-state index contributed by atoms with van der Waals surface area (Å²) in [7, 11) is 0. The van der Waals surface area contributed by atoms with Gasteiger partial charge in [0.25, 0.3) is 0 Å². The van der Waals surface area contributed by atoms with E-state index in [1.807, 2.05) is 24.3 Å². The molecule has 0 aromatic heterocycles. The molecular formula is C24H32N2O10. The van der Waals surface area contributed by atoms with E-state index in [0.29, 0.717) is 11.4 Å². The highest BCUT2D eigenvalue weighted by atomic mass is 16.6. The van der Waals surface area contributed by atoms with Crippen LogP contribution in [0.1, 0.15) is 0 Å². The van der Waals surface area contributed by atoms with Gasteiger partial charge in [0.2, 0.25) is 0 Å². The number of aliphatic hydroxyl groups excluding tert-OH is 8. The third-order valence-electron chi connectivity index (χ3n) is 6.51. The Labute approximate surface area is 207 Å². The number of anilines is 2. The van der Waals surface area contributed by atoms with Crippen LogP contribution < -0.4 is 10.6 Å². The van der Waals surface area contributed by atoms with Gasteiger partial charge in [-0.05, 0) is 35.4 Å². The predicted octanol–water partition coefficient (Wildman–Crippen LogP) is -2.22. The summed E-state index contributed by atoms with van der Waals surface area (Å²) >= 11 is 0. The number of benzene rings is 2. The van der Waals surface area contributed by atoms with Gasteiger partial charge in [-0.2, -0.15) is 0 Å². The zero-order chi connectivity index (χ0) is 26.0. The minimum Gasteiger partial charge on any atom is -0.394 e. The summed E-state index contributed by atoms with van der Waals surface area (Å²) in [4.78, 5) is 0. The molecule has 12 heteroatoms. The summed E-state index contributed by atoms with van der Waals surface area (Å²) in [6, 6.07) is 14.3. The Hall–Kier alpha value is -2.36. The zero-order valence-electron chi connectivity index (χ0n) is 19.2. The van der Waals surface area contributed by atoms with E-state index in [-0.39, 0.29) is 0 Å². The minimum atomic E-state index is -1.47. The summed E-state index contributed by atoms with van der Waals surface area (Å²) in [5.74, 6) is 0. The molecule has 10 atom stereocenters. The van der Waals surface area contributed by atoms with E-state index in [2.05, 4.69) is 10.6 Å². The van der Waals surface area contributed by atoms with Crippen molar-refractivity contribution in [2.24, 2.45) is 0 Å². The van der Waals surface area contributed by atoms with Gasteiger partial charge in [0.1, 0.15) is 48.8 Å².